The van der Waals surface area contributed by atoms with E-state index in [4.69, 9.17) is 11.6 Å². The number of amides is 2. The summed E-state index contributed by atoms with van der Waals surface area (Å²) in [5.41, 5.74) is 1.32. The molecule has 0 saturated carbocycles. The van der Waals surface area contributed by atoms with Gasteiger partial charge in [-0.05, 0) is 37.3 Å². The first kappa shape index (κ1) is 16.7. The van der Waals surface area contributed by atoms with Gasteiger partial charge in [0, 0.05) is 11.6 Å². The molecule has 2 aromatic heterocycles. The number of phenolic OH excluding ortho intramolecular Hbond substituents is 1. The molecule has 0 saturated heterocycles. The van der Waals surface area contributed by atoms with E-state index < -0.39 is 0 Å². The van der Waals surface area contributed by atoms with Gasteiger partial charge in [0.25, 0.3) is 0 Å². The second kappa shape index (κ2) is 7.18. The minimum Gasteiger partial charge on any atom is -0.506 e. The second-order valence-electron chi connectivity index (χ2n) is 5.07. The van der Waals surface area contributed by atoms with Crippen molar-refractivity contribution in [2.45, 2.75) is 6.92 Å². The van der Waals surface area contributed by atoms with Crippen LogP contribution < -0.4 is 16.0 Å². The number of aromatic nitrogens is 3. The SMILES string of the molecule is CCNC(=O)Nc1ccc2ncc(Nc3cc(Cl)ccc3O)nc2n1. The number of fused-ring (bicyclic) bond motifs is 1. The number of halogens is 1. The van der Waals surface area contributed by atoms with E-state index in [0.29, 0.717) is 40.1 Å². The maximum absolute atomic E-state index is 11.6. The number of rotatable bonds is 4. The van der Waals surface area contributed by atoms with E-state index in [1.165, 1.54) is 12.3 Å². The molecular weight excluding hydrogens is 344 g/mol. The molecule has 0 aliphatic heterocycles. The molecule has 9 heteroatoms. The molecule has 0 atom stereocenters. The van der Waals surface area contributed by atoms with Crippen molar-refractivity contribution in [3.63, 3.8) is 0 Å². The highest BCUT2D eigenvalue weighted by molar-refractivity contribution is 6.31. The maximum atomic E-state index is 11.6. The summed E-state index contributed by atoms with van der Waals surface area (Å²) in [4.78, 5) is 24.4. The fourth-order valence-corrected chi connectivity index (χ4v) is 2.27. The lowest BCUT2D eigenvalue weighted by molar-refractivity contribution is 0.252. The average molecular weight is 359 g/mol. The van der Waals surface area contributed by atoms with Gasteiger partial charge in [-0.25, -0.2) is 19.7 Å². The summed E-state index contributed by atoms with van der Waals surface area (Å²) in [6.07, 6.45) is 1.52. The van der Waals surface area contributed by atoms with Gasteiger partial charge in [0.1, 0.15) is 17.1 Å². The van der Waals surface area contributed by atoms with Crippen LogP contribution in [0.25, 0.3) is 11.2 Å². The molecule has 2 heterocycles. The predicted octanol–water partition coefficient (Wildman–Crippen LogP) is 3.27. The van der Waals surface area contributed by atoms with E-state index in [9.17, 15) is 9.90 Å². The maximum Gasteiger partial charge on any atom is 0.320 e. The normalized spacial score (nSPS) is 10.5. The molecule has 2 amide bonds. The molecular formula is C16H15ClN6O2. The molecule has 0 bridgehead atoms. The van der Waals surface area contributed by atoms with Crippen molar-refractivity contribution in [1.29, 1.82) is 0 Å². The highest BCUT2D eigenvalue weighted by Gasteiger charge is 2.08. The lowest BCUT2D eigenvalue weighted by Gasteiger charge is -2.09. The number of nitrogens with zero attached hydrogens (tertiary/aromatic N) is 3. The van der Waals surface area contributed by atoms with Crippen molar-refractivity contribution in [1.82, 2.24) is 20.3 Å². The first-order valence-electron chi connectivity index (χ1n) is 7.49. The van der Waals surface area contributed by atoms with E-state index in [1.807, 2.05) is 6.92 Å². The van der Waals surface area contributed by atoms with Gasteiger partial charge in [-0.1, -0.05) is 11.6 Å². The summed E-state index contributed by atoms with van der Waals surface area (Å²) in [5.74, 6) is 0.772. The topological polar surface area (TPSA) is 112 Å². The van der Waals surface area contributed by atoms with Gasteiger partial charge in [0.2, 0.25) is 0 Å². The monoisotopic (exact) mass is 358 g/mol. The quantitative estimate of drug-likeness (QED) is 0.532. The summed E-state index contributed by atoms with van der Waals surface area (Å²) in [6, 6.07) is 7.63. The summed E-state index contributed by atoms with van der Waals surface area (Å²) in [7, 11) is 0. The molecule has 128 valence electrons. The van der Waals surface area contributed by atoms with Crippen LogP contribution in [0.4, 0.5) is 22.1 Å². The van der Waals surface area contributed by atoms with Crippen molar-refractivity contribution in [2.24, 2.45) is 0 Å². The number of benzene rings is 1. The first-order chi connectivity index (χ1) is 12.0. The number of nitrogens with one attached hydrogen (secondary N) is 3. The Hall–Kier alpha value is -3.13. The van der Waals surface area contributed by atoms with Gasteiger partial charge in [-0.15, -0.1) is 0 Å². The molecule has 3 rings (SSSR count). The van der Waals surface area contributed by atoms with Crippen LogP contribution in [-0.4, -0.2) is 32.6 Å². The Kier molecular flexibility index (Phi) is 4.80. The Morgan fingerprint density at radius 3 is 2.80 bits per heavy atom. The molecule has 4 N–H and O–H groups in total. The Morgan fingerprint density at radius 1 is 1.20 bits per heavy atom. The van der Waals surface area contributed by atoms with Crippen LogP contribution in [0.1, 0.15) is 6.92 Å². The number of hydrogen-bond donors (Lipinski definition) is 4. The van der Waals surface area contributed by atoms with Crippen LogP contribution in [0.15, 0.2) is 36.5 Å². The highest BCUT2D eigenvalue weighted by atomic mass is 35.5. The van der Waals surface area contributed by atoms with Crippen molar-refractivity contribution in [3.05, 3.63) is 41.6 Å². The van der Waals surface area contributed by atoms with Crippen LogP contribution in [-0.2, 0) is 0 Å². The number of carbonyl (C=O) groups excluding carboxylic acids is 1. The molecule has 0 aliphatic carbocycles. The Bertz CT molecular complexity index is 934. The Morgan fingerprint density at radius 2 is 2.00 bits per heavy atom. The smallest absolute Gasteiger partial charge is 0.320 e. The van der Waals surface area contributed by atoms with Crippen molar-refractivity contribution in [2.75, 3.05) is 17.2 Å². The number of pyridine rings is 1. The van der Waals surface area contributed by atoms with Gasteiger partial charge in [-0.2, -0.15) is 0 Å². The Balaban J connectivity index is 1.87. The van der Waals surface area contributed by atoms with Crippen LogP contribution in [0.3, 0.4) is 0 Å². The summed E-state index contributed by atoms with van der Waals surface area (Å²) >= 11 is 5.93. The van der Waals surface area contributed by atoms with Crippen LogP contribution in [0.5, 0.6) is 5.75 Å². The van der Waals surface area contributed by atoms with Crippen LogP contribution in [0, 0.1) is 0 Å². The number of carbonyl (C=O) groups is 1. The van der Waals surface area contributed by atoms with Crippen LogP contribution in [0.2, 0.25) is 5.02 Å². The summed E-state index contributed by atoms with van der Waals surface area (Å²) in [5, 5.41) is 18.5. The van der Waals surface area contributed by atoms with E-state index in [2.05, 4.69) is 30.9 Å². The summed E-state index contributed by atoms with van der Waals surface area (Å²) < 4.78 is 0. The molecule has 0 aliphatic rings. The van der Waals surface area contributed by atoms with E-state index in [-0.39, 0.29) is 11.8 Å². The van der Waals surface area contributed by atoms with Crippen molar-refractivity contribution >= 4 is 46.1 Å². The van der Waals surface area contributed by atoms with Gasteiger partial charge in [0.15, 0.2) is 11.5 Å². The average Bonchev–Trinajstić information content (AvgIpc) is 2.58. The third kappa shape index (κ3) is 4.04. The minimum atomic E-state index is -0.347. The Labute approximate surface area is 148 Å². The third-order valence-corrected chi connectivity index (χ3v) is 3.44. The lowest BCUT2D eigenvalue weighted by Crippen LogP contribution is -2.28. The van der Waals surface area contributed by atoms with Crippen LogP contribution >= 0.6 is 11.6 Å². The lowest BCUT2D eigenvalue weighted by atomic mass is 10.3. The molecule has 1 aromatic carbocycles. The van der Waals surface area contributed by atoms with E-state index in [1.54, 1.807) is 24.3 Å². The molecule has 0 radical (unpaired) electrons. The number of anilines is 3. The molecule has 0 unspecified atom stereocenters. The third-order valence-electron chi connectivity index (χ3n) is 3.21. The van der Waals surface area contributed by atoms with Crippen molar-refractivity contribution in [3.8, 4) is 5.75 Å². The highest BCUT2D eigenvalue weighted by Crippen LogP contribution is 2.29. The number of phenols is 1. The molecule has 25 heavy (non-hydrogen) atoms. The van der Waals surface area contributed by atoms with Crippen molar-refractivity contribution < 1.29 is 9.90 Å². The molecule has 3 aromatic rings. The molecule has 0 fully saturated rings. The predicted molar refractivity (Wildman–Crippen MR) is 96.4 cm³/mol. The first-order valence-corrected chi connectivity index (χ1v) is 7.87. The number of aromatic hydroxyl groups is 1. The van der Waals surface area contributed by atoms with Gasteiger partial charge in [0.05, 0.1) is 11.9 Å². The summed E-state index contributed by atoms with van der Waals surface area (Å²) in [6.45, 7) is 2.33. The standard InChI is InChI=1S/C16H15ClN6O2/c1-2-18-16(25)23-13-6-4-10-15(21-13)22-14(8-19-10)20-11-7-9(17)3-5-12(11)24/h3-8,24H,2H2,1H3,(H3,18,20,21,22,23,25). The fraction of sp³-hybridized carbons (Fsp3) is 0.125. The number of hydrogen-bond acceptors (Lipinski definition) is 6. The van der Waals surface area contributed by atoms with Gasteiger partial charge >= 0.3 is 6.03 Å². The molecule has 8 nitrogen and oxygen atoms in total. The second-order valence-corrected chi connectivity index (χ2v) is 5.50. The largest absolute Gasteiger partial charge is 0.506 e. The number of urea groups is 1. The zero-order valence-corrected chi connectivity index (χ0v) is 14.0. The van der Waals surface area contributed by atoms with E-state index >= 15 is 0 Å². The molecule has 0 spiro atoms. The fourth-order valence-electron chi connectivity index (χ4n) is 2.10. The van der Waals surface area contributed by atoms with Gasteiger partial charge < -0.3 is 15.7 Å². The van der Waals surface area contributed by atoms with Gasteiger partial charge in [-0.3, -0.25) is 5.32 Å². The zero-order valence-electron chi connectivity index (χ0n) is 13.2. The van der Waals surface area contributed by atoms with E-state index in [0.717, 1.165) is 0 Å². The minimum absolute atomic E-state index is 0.0333. The zero-order chi connectivity index (χ0) is 17.8.